The molecule has 0 bridgehead atoms. The molecule has 2 aromatic carbocycles. The SMILES string of the molecule is Cc1cc2c(cc1N)N(C(=O)c1ccc(F)cc1C)CC2. The minimum Gasteiger partial charge on any atom is -0.398 e. The van der Waals surface area contributed by atoms with Crippen LogP contribution in [0.2, 0.25) is 0 Å². The molecular weight excluding hydrogens is 267 g/mol. The lowest BCUT2D eigenvalue weighted by molar-refractivity contribution is 0.0989. The molecule has 21 heavy (non-hydrogen) atoms. The molecule has 0 spiro atoms. The van der Waals surface area contributed by atoms with Crippen LogP contribution in [0, 0.1) is 19.7 Å². The van der Waals surface area contributed by atoms with Crippen LogP contribution in [-0.4, -0.2) is 12.5 Å². The number of nitrogen functional groups attached to an aromatic ring is 1. The Morgan fingerprint density at radius 1 is 1.19 bits per heavy atom. The van der Waals surface area contributed by atoms with Crippen LogP contribution in [0.5, 0.6) is 0 Å². The second-order valence-electron chi connectivity index (χ2n) is 5.50. The second-order valence-corrected chi connectivity index (χ2v) is 5.50. The summed E-state index contributed by atoms with van der Waals surface area (Å²) in [5.74, 6) is -0.430. The summed E-state index contributed by atoms with van der Waals surface area (Å²) in [5.41, 5.74) is 10.8. The van der Waals surface area contributed by atoms with Crippen molar-refractivity contribution in [1.29, 1.82) is 0 Å². The Bertz CT molecular complexity index is 740. The van der Waals surface area contributed by atoms with Gasteiger partial charge in [0.15, 0.2) is 0 Å². The highest BCUT2D eigenvalue weighted by atomic mass is 19.1. The van der Waals surface area contributed by atoms with E-state index in [4.69, 9.17) is 5.73 Å². The van der Waals surface area contributed by atoms with Crippen molar-refractivity contribution in [1.82, 2.24) is 0 Å². The predicted molar refractivity (Wildman–Crippen MR) is 82.1 cm³/mol. The first kappa shape index (κ1) is 13.6. The van der Waals surface area contributed by atoms with E-state index in [1.165, 1.54) is 12.1 Å². The number of nitrogens with zero attached hydrogens (tertiary/aromatic N) is 1. The van der Waals surface area contributed by atoms with Gasteiger partial charge in [0.1, 0.15) is 5.82 Å². The van der Waals surface area contributed by atoms with Gasteiger partial charge in [-0.15, -0.1) is 0 Å². The largest absolute Gasteiger partial charge is 0.398 e. The maximum atomic E-state index is 13.2. The molecule has 1 heterocycles. The fraction of sp³-hybridized carbons (Fsp3) is 0.235. The molecule has 2 aromatic rings. The summed E-state index contributed by atoms with van der Waals surface area (Å²) in [6.45, 7) is 4.34. The van der Waals surface area contributed by atoms with Crippen molar-refractivity contribution >= 4 is 17.3 Å². The van der Waals surface area contributed by atoms with Crippen LogP contribution in [-0.2, 0) is 6.42 Å². The van der Waals surface area contributed by atoms with Crippen LogP contribution >= 0.6 is 0 Å². The molecule has 1 aliphatic heterocycles. The molecule has 0 aliphatic carbocycles. The maximum Gasteiger partial charge on any atom is 0.258 e. The highest BCUT2D eigenvalue weighted by Crippen LogP contribution is 2.33. The highest BCUT2D eigenvalue weighted by Gasteiger charge is 2.27. The molecule has 108 valence electrons. The van der Waals surface area contributed by atoms with Crippen molar-refractivity contribution in [2.45, 2.75) is 20.3 Å². The highest BCUT2D eigenvalue weighted by molar-refractivity contribution is 6.08. The van der Waals surface area contributed by atoms with Crippen LogP contribution in [0.15, 0.2) is 30.3 Å². The number of carbonyl (C=O) groups is 1. The molecule has 2 N–H and O–H groups in total. The molecule has 3 nitrogen and oxygen atoms in total. The van der Waals surface area contributed by atoms with Crippen molar-refractivity contribution < 1.29 is 9.18 Å². The van der Waals surface area contributed by atoms with E-state index < -0.39 is 0 Å². The first-order chi connectivity index (χ1) is 9.97. The Morgan fingerprint density at radius 2 is 1.95 bits per heavy atom. The molecule has 0 unspecified atom stereocenters. The fourth-order valence-corrected chi connectivity index (χ4v) is 2.80. The van der Waals surface area contributed by atoms with Gasteiger partial charge < -0.3 is 10.6 Å². The molecule has 4 heteroatoms. The zero-order valence-corrected chi connectivity index (χ0v) is 12.1. The van der Waals surface area contributed by atoms with Crippen molar-refractivity contribution in [2.75, 3.05) is 17.2 Å². The summed E-state index contributed by atoms with van der Waals surface area (Å²) in [5, 5.41) is 0. The Hall–Kier alpha value is -2.36. The average Bonchev–Trinajstić information content (AvgIpc) is 2.81. The Morgan fingerprint density at radius 3 is 2.67 bits per heavy atom. The number of aryl methyl sites for hydroxylation is 2. The molecule has 0 saturated heterocycles. The van der Waals surface area contributed by atoms with Gasteiger partial charge in [0, 0.05) is 23.5 Å². The van der Waals surface area contributed by atoms with Crippen molar-refractivity contribution in [3.05, 3.63) is 58.4 Å². The zero-order chi connectivity index (χ0) is 15.1. The Labute approximate surface area is 123 Å². The number of fused-ring (bicyclic) bond motifs is 1. The van der Waals surface area contributed by atoms with Crippen LogP contribution in [0.3, 0.4) is 0 Å². The summed E-state index contributed by atoms with van der Waals surface area (Å²) in [6.07, 6.45) is 0.822. The first-order valence-corrected chi connectivity index (χ1v) is 6.94. The lowest BCUT2D eigenvalue weighted by Gasteiger charge is -2.19. The van der Waals surface area contributed by atoms with Gasteiger partial charge in [-0.05, 0) is 61.2 Å². The molecule has 0 radical (unpaired) electrons. The number of halogens is 1. The average molecular weight is 284 g/mol. The van der Waals surface area contributed by atoms with Gasteiger partial charge in [-0.1, -0.05) is 6.07 Å². The second kappa shape index (κ2) is 4.88. The zero-order valence-electron chi connectivity index (χ0n) is 12.1. The normalized spacial score (nSPS) is 13.4. The van der Waals surface area contributed by atoms with E-state index in [0.717, 1.165) is 23.2 Å². The third-order valence-electron chi connectivity index (χ3n) is 4.03. The number of hydrogen-bond donors (Lipinski definition) is 1. The van der Waals surface area contributed by atoms with E-state index in [-0.39, 0.29) is 11.7 Å². The van der Waals surface area contributed by atoms with Gasteiger partial charge in [-0.25, -0.2) is 4.39 Å². The van der Waals surface area contributed by atoms with E-state index in [1.807, 2.05) is 19.1 Å². The van der Waals surface area contributed by atoms with Crippen LogP contribution in [0.4, 0.5) is 15.8 Å². The summed E-state index contributed by atoms with van der Waals surface area (Å²) < 4.78 is 13.2. The number of anilines is 2. The van der Waals surface area contributed by atoms with Gasteiger partial charge in [0.05, 0.1) is 0 Å². The van der Waals surface area contributed by atoms with Crippen molar-refractivity contribution in [2.24, 2.45) is 0 Å². The lowest BCUT2D eigenvalue weighted by Crippen LogP contribution is -2.29. The molecular formula is C17H17FN2O. The van der Waals surface area contributed by atoms with Crippen molar-refractivity contribution in [3.63, 3.8) is 0 Å². The minimum absolute atomic E-state index is 0.102. The minimum atomic E-state index is -0.328. The van der Waals surface area contributed by atoms with E-state index >= 15 is 0 Å². The number of amides is 1. The van der Waals surface area contributed by atoms with Gasteiger partial charge in [0.2, 0.25) is 0 Å². The maximum absolute atomic E-state index is 13.2. The standard InChI is InChI=1S/C17H17FN2O/c1-10-8-13(18)3-4-14(10)17(21)20-6-5-12-7-11(2)15(19)9-16(12)20/h3-4,7-9H,5-6,19H2,1-2H3. The predicted octanol–water partition coefficient (Wildman–Crippen LogP) is 3.23. The molecule has 1 amide bonds. The first-order valence-electron chi connectivity index (χ1n) is 6.94. The van der Waals surface area contributed by atoms with E-state index in [0.29, 0.717) is 23.4 Å². The summed E-state index contributed by atoms with van der Waals surface area (Å²) in [6, 6.07) is 8.14. The smallest absolute Gasteiger partial charge is 0.258 e. The molecule has 0 saturated carbocycles. The monoisotopic (exact) mass is 284 g/mol. The van der Waals surface area contributed by atoms with Crippen molar-refractivity contribution in [3.8, 4) is 0 Å². The molecule has 1 aliphatic rings. The Balaban J connectivity index is 2.00. The van der Waals surface area contributed by atoms with Crippen LogP contribution in [0.25, 0.3) is 0 Å². The number of carbonyl (C=O) groups excluding carboxylic acids is 1. The molecule has 0 aromatic heterocycles. The lowest BCUT2D eigenvalue weighted by atomic mass is 10.1. The third kappa shape index (κ3) is 2.27. The quantitative estimate of drug-likeness (QED) is 0.817. The van der Waals surface area contributed by atoms with Crippen LogP contribution in [0.1, 0.15) is 27.0 Å². The third-order valence-corrected chi connectivity index (χ3v) is 4.03. The molecule has 0 atom stereocenters. The number of hydrogen-bond acceptors (Lipinski definition) is 2. The summed E-state index contributed by atoms with van der Waals surface area (Å²) >= 11 is 0. The number of rotatable bonds is 1. The molecule has 0 fully saturated rings. The van der Waals surface area contributed by atoms with E-state index in [2.05, 4.69) is 0 Å². The fourth-order valence-electron chi connectivity index (χ4n) is 2.80. The van der Waals surface area contributed by atoms with Gasteiger partial charge >= 0.3 is 0 Å². The van der Waals surface area contributed by atoms with Crippen LogP contribution < -0.4 is 10.6 Å². The van der Waals surface area contributed by atoms with E-state index in [1.54, 1.807) is 17.9 Å². The summed E-state index contributed by atoms with van der Waals surface area (Å²) in [4.78, 5) is 14.4. The number of nitrogens with two attached hydrogens (primary N) is 1. The van der Waals surface area contributed by atoms with E-state index in [9.17, 15) is 9.18 Å². The van der Waals surface area contributed by atoms with Gasteiger partial charge in [0.25, 0.3) is 5.91 Å². The number of benzene rings is 2. The topological polar surface area (TPSA) is 46.3 Å². The molecule has 3 rings (SSSR count). The van der Waals surface area contributed by atoms with Gasteiger partial charge in [-0.2, -0.15) is 0 Å². The Kier molecular flexibility index (Phi) is 3.16. The summed E-state index contributed by atoms with van der Waals surface area (Å²) in [7, 11) is 0. The van der Waals surface area contributed by atoms with Gasteiger partial charge in [-0.3, -0.25) is 4.79 Å².